The average molecular weight is 426 g/mol. The van der Waals surface area contributed by atoms with Crippen LogP contribution in [0.25, 0.3) is 27.3 Å². The average Bonchev–Trinajstić information content (AvgIpc) is 3.23. The molecule has 0 amide bonds. The lowest BCUT2D eigenvalue weighted by Crippen LogP contribution is -2.22. The molecule has 2 aromatic carbocycles. The van der Waals surface area contributed by atoms with E-state index in [1.54, 1.807) is 48.7 Å². The van der Waals surface area contributed by atoms with Crippen LogP contribution in [0, 0.1) is 5.82 Å². The van der Waals surface area contributed by atoms with Crippen molar-refractivity contribution in [2.45, 2.75) is 5.75 Å². The van der Waals surface area contributed by atoms with Gasteiger partial charge in [-0.2, -0.15) is 9.78 Å². The molecule has 2 aromatic heterocycles. The van der Waals surface area contributed by atoms with Crippen molar-refractivity contribution in [1.29, 1.82) is 0 Å². The molecular weight excluding hydrogens is 411 g/mol. The van der Waals surface area contributed by atoms with Gasteiger partial charge in [-0.15, -0.1) is 11.3 Å². The lowest BCUT2D eigenvalue weighted by molar-refractivity contribution is 0.614. The highest BCUT2D eigenvalue weighted by molar-refractivity contribution is 7.71. The molecule has 0 radical (unpaired) electrons. The van der Waals surface area contributed by atoms with E-state index in [1.165, 1.54) is 28.2 Å². The summed E-state index contributed by atoms with van der Waals surface area (Å²) in [5.41, 5.74) is 2.63. The smallest absolute Gasteiger partial charge is 0.267 e. The number of halogens is 1. The maximum absolute atomic E-state index is 13.4. The summed E-state index contributed by atoms with van der Waals surface area (Å²) in [6, 6.07) is 16.3. The Hall–Kier alpha value is -3.10. The number of thiol groups is 1. The number of hydrogen-bond donors (Lipinski definition) is 1. The van der Waals surface area contributed by atoms with E-state index in [1.807, 2.05) is 11.4 Å². The molecule has 0 N–H and O–H groups in total. The minimum absolute atomic E-state index is 0.0430. The van der Waals surface area contributed by atoms with Gasteiger partial charge in [0, 0.05) is 5.56 Å². The maximum atomic E-state index is 13.4. The first kappa shape index (κ1) is 19.2. The Labute approximate surface area is 171 Å². The Bertz CT molecular complexity index is 1270. The van der Waals surface area contributed by atoms with E-state index < -0.39 is 10.7 Å². The summed E-state index contributed by atoms with van der Waals surface area (Å²) in [5, 5.41) is 6.85. The summed E-state index contributed by atoms with van der Waals surface area (Å²) in [7, 11) is -2.52. The van der Waals surface area contributed by atoms with E-state index in [9.17, 15) is 17.6 Å². The zero-order valence-electron chi connectivity index (χ0n) is 15.0. The van der Waals surface area contributed by atoms with Crippen LogP contribution < -0.4 is 5.56 Å². The Morgan fingerprint density at radius 2 is 1.66 bits per heavy atom. The van der Waals surface area contributed by atoms with Crippen LogP contribution in [0.15, 0.2) is 77.0 Å². The van der Waals surface area contributed by atoms with Gasteiger partial charge in [0.05, 0.1) is 17.5 Å². The fraction of sp³-hybridized carbons (Fsp3) is 0.0476. The van der Waals surface area contributed by atoms with Crippen LogP contribution in [0.1, 0.15) is 5.56 Å². The van der Waals surface area contributed by atoms with E-state index in [-0.39, 0.29) is 17.1 Å². The third-order valence-electron chi connectivity index (χ3n) is 4.40. The number of nitrogens with zero attached hydrogens (tertiary/aromatic N) is 2. The topological polar surface area (TPSA) is 69.0 Å². The van der Waals surface area contributed by atoms with Crippen LogP contribution in [-0.2, 0) is 16.5 Å². The summed E-state index contributed by atoms with van der Waals surface area (Å²) in [4.78, 5) is 13.3. The summed E-state index contributed by atoms with van der Waals surface area (Å²) in [6.07, 6.45) is 1.60. The fourth-order valence-corrected chi connectivity index (χ4v) is 4.25. The highest BCUT2D eigenvalue weighted by atomic mass is 32.2. The molecule has 4 aromatic rings. The molecular formula is C21H15FN2O3S2. The van der Waals surface area contributed by atoms with Crippen molar-refractivity contribution >= 4 is 22.0 Å². The molecule has 0 saturated heterocycles. The Morgan fingerprint density at radius 3 is 2.28 bits per heavy atom. The van der Waals surface area contributed by atoms with E-state index in [0.29, 0.717) is 27.3 Å². The van der Waals surface area contributed by atoms with Gasteiger partial charge in [0.25, 0.3) is 5.56 Å². The standard InChI is InChI=1S/C21H15FN2O3S2/c22-17-9-7-16(8-10-17)20-18(15-5-3-14(4-6-15)13-29(26)27)12-23-24(21(20)25)19-2-1-11-28-19/h1-12,29H,13H2. The maximum Gasteiger partial charge on any atom is 0.280 e. The number of aromatic nitrogens is 2. The van der Waals surface area contributed by atoms with Crippen LogP contribution in [0.5, 0.6) is 0 Å². The fourth-order valence-electron chi connectivity index (χ4n) is 3.05. The highest BCUT2D eigenvalue weighted by Gasteiger charge is 2.16. The second kappa shape index (κ2) is 8.10. The van der Waals surface area contributed by atoms with Crippen molar-refractivity contribution in [2.24, 2.45) is 0 Å². The third kappa shape index (κ3) is 4.03. The first-order chi connectivity index (χ1) is 14.0. The molecule has 0 spiro atoms. The molecule has 0 fully saturated rings. The highest BCUT2D eigenvalue weighted by Crippen LogP contribution is 2.30. The van der Waals surface area contributed by atoms with Crippen LogP contribution in [0.4, 0.5) is 4.39 Å². The summed E-state index contributed by atoms with van der Waals surface area (Å²) in [6.45, 7) is 0. The molecule has 0 unspecified atom stereocenters. The Balaban J connectivity index is 1.90. The zero-order chi connectivity index (χ0) is 20.4. The van der Waals surface area contributed by atoms with Crippen LogP contribution in [0.2, 0.25) is 0 Å². The van der Waals surface area contributed by atoms with E-state index in [0.717, 1.165) is 5.56 Å². The van der Waals surface area contributed by atoms with Crippen molar-refractivity contribution in [3.8, 4) is 27.3 Å². The van der Waals surface area contributed by atoms with Crippen molar-refractivity contribution in [3.63, 3.8) is 0 Å². The molecule has 8 heteroatoms. The lowest BCUT2D eigenvalue weighted by Gasteiger charge is -2.12. The van der Waals surface area contributed by atoms with Crippen molar-refractivity contribution in [1.82, 2.24) is 9.78 Å². The first-order valence-corrected chi connectivity index (χ1v) is 10.9. The van der Waals surface area contributed by atoms with Crippen molar-refractivity contribution in [3.05, 3.63) is 94.0 Å². The normalized spacial score (nSPS) is 11.1. The van der Waals surface area contributed by atoms with Crippen molar-refractivity contribution < 1.29 is 12.8 Å². The molecule has 0 saturated carbocycles. The lowest BCUT2D eigenvalue weighted by atomic mass is 9.97. The van der Waals surface area contributed by atoms with Gasteiger partial charge in [-0.05, 0) is 46.3 Å². The van der Waals surface area contributed by atoms with Gasteiger partial charge in [-0.3, -0.25) is 4.79 Å². The summed E-state index contributed by atoms with van der Waals surface area (Å²) >= 11 is 1.39. The quantitative estimate of drug-likeness (QED) is 0.492. The molecule has 0 atom stereocenters. The molecule has 0 aliphatic rings. The van der Waals surface area contributed by atoms with E-state index in [2.05, 4.69) is 5.10 Å². The number of hydrogen-bond acceptors (Lipinski definition) is 5. The number of rotatable bonds is 5. The summed E-state index contributed by atoms with van der Waals surface area (Å²) in [5.74, 6) is -0.433. The van der Waals surface area contributed by atoms with Gasteiger partial charge < -0.3 is 0 Å². The SMILES string of the molecule is O=c1c(-c2ccc(F)cc2)c(-c2ccc(C[SH](=O)=O)cc2)cnn1-c1cccs1. The van der Waals surface area contributed by atoms with Gasteiger partial charge in [-0.1, -0.05) is 36.4 Å². The third-order valence-corrected chi connectivity index (χ3v) is 5.87. The molecule has 4 rings (SSSR count). The van der Waals surface area contributed by atoms with Gasteiger partial charge in [0.15, 0.2) is 0 Å². The van der Waals surface area contributed by atoms with Crippen LogP contribution in [-0.4, -0.2) is 18.2 Å². The Kier molecular flexibility index (Phi) is 5.37. The monoisotopic (exact) mass is 426 g/mol. The number of benzene rings is 2. The molecule has 2 heterocycles. The molecule has 29 heavy (non-hydrogen) atoms. The predicted molar refractivity (Wildman–Crippen MR) is 113 cm³/mol. The minimum Gasteiger partial charge on any atom is -0.267 e. The molecule has 146 valence electrons. The second-order valence-corrected chi connectivity index (χ2v) is 8.20. The van der Waals surface area contributed by atoms with Gasteiger partial charge >= 0.3 is 0 Å². The largest absolute Gasteiger partial charge is 0.280 e. The van der Waals surface area contributed by atoms with E-state index >= 15 is 0 Å². The zero-order valence-corrected chi connectivity index (χ0v) is 16.7. The van der Waals surface area contributed by atoms with Gasteiger partial charge in [0.2, 0.25) is 0 Å². The van der Waals surface area contributed by atoms with Gasteiger partial charge in [0.1, 0.15) is 21.5 Å². The second-order valence-electron chi connectivity index (χ2n) is 6.30. The van der Waals surface area contributed by atoms with Crippen LogP contribution >= 0.6 is 11.3 Å². The summed E-state index contributed by atoms with van der Waals surface area (Å²) < 4.78 is 36.6. The first-order valence-electron chi connectivity index (χ1n) is 8.66. The van der Waals surface area contributed by atoms with Crippen molar-refractivity contribution in [2.75, 3.05) is 0 Å². The Morgan fingerprint density at radius 1 is 0.966 bits per heavy atom. The van der Waals surface area contributed by atoms with Gasteiger partial charge in [-0.25, -0.2) is 12.8 Å². The molecule has 0 bridgehead atoms. The molecule has 0 aliphatic heterocycles. The number of thiophene rings is 1. The minimum atomic E-state index is -2.52. The van der Waals surface area contributed by atoms with E-state index in [4.69, 9.17) is 0 Å². The predicted octanol–water partition coefficient (Wildman–Crippen LogP) is 3.88. The molecule has 5 nitrogen and oxygen atoms in total. The molecule has 0 aliphatic carbocycles. The van der Waals surface area contributed by atoms with Crippen LogP contribution in [0.3, 0.4) is 0 Å².